The molecule has 0 aliphatic carbocycles. The van der Waals surface area contributed by atoms with Crippen molar-refractivity contribution >= 4 is 45.3 Å². The number of ether oxygens (including phenoxy) is 2. The topological polar surface area (TPSA) is 98.2 Å². The lowest BCUT2D eigenvalue weighted by atomic mass is 10.2. The van der Waals surface area contributed by atoms with Crippen LogP contribution in [0.3, 0.4) is 0 Å². The van der Waals surface area contributed by atoms with Crippen molar-refractivity contribution in [2.24, 2.45) is 0 Å². The van der Waals surface area contributed by atoms with Crippen LogP contribution in [0.15, 0.2) is 76.7 Å². The Balaban J connectivity index is 1.54. The number of hydrogen-bond acceptors (Lipinski definition) is 6. The Morgan fingerprint density at radius 2 is 1.79 bits per heavy atom. The van der Waals surface area contributed by atoms with Gasteiger partial charge in [-0.1, -0.05) is 36.0 Å². The highest BCUT2D eigenvalue weighted by Gasteiger charge is 2.30. The summed E-state index contributed by atoms with van der Waals surface area (Å²) < 4.78 is 51.2. The number of rotatable bonds is 7. The number of fused-ring (bicyclic) bond motifs is 3. The summed E-state index contributed by atoms with van der Waals surface area (Å²) in [6.45, 7) is 0. The van der Waals surface area contributed by atoms with Gasteiger partial charge in [0.2, 0.25) is 5.91 Å². The maximum atomic E-state index is 13.7. The van der Waals surface area contributed by atoms with Crippen LogP contribution in [0.1, 0.15) is 5.56 Å². The van der Waals surface area contributed by atoms with Crippen molar-refractivity contribution in [3.05, 3.63) is 82.6 Å². The van der Waals surface area contributed by atoms with Gasteiger partial charge in [-0.05, 0) is 36.4 Å². The summed E-state index contributed by atoms with van der Waals surface area (Å²) >= 11 is 0.975. The molecule has 0 radical (unpaired) electrons. The molecule has 5 aromatic rings. The predicted octanol–water partition coefficient (Wildman–Crippen LogP) is 5.63. The van der Waals surface area contributed by atoms with E-state index < -0.39 is 23.2 Å². The molecule has 2 N–H and O–H groups in total. The van der Waals surface area contributed by atoms with Gasteiger partial charge in [-0.2, -0.15) is 13.2 Å². The summed E-state index contributed by atoms with van der Waals surface area (Å²) in [4.78, 5) is 34.3. The van der Waals surface area contributed by atoms with E-state index in [-0.39, 0.29) is 22.1 Å². The molecule has 0 aliphatic heterocycles. The first-order chi connectivity index (χ1) is 18.7. The lowest BCUT2D eigenvalue weighted by molar-refractivity contribution is -0.137. The van der Waals surface area contributed by atoms with Crippen LogP contribution in [0.25, 0.3) is 27.6 Å². The number of para-hydroxylation sites is 1. The number of thioether (sulfide) groups is 1. The van der Waals surface area contributed by atoms with Gasteiger partial charge >= 0.3 is 6.18 Å². The number of carbonyl (C=O) groups excluding carboxylic acids is 1. The minimum absolute atomic E-state index is 0.00717. The molecule has 0 bridgehead atoms. The van der Waals surface area contributed by atoms with Crippen molar-refractivity contribution in [2.75, 3.05) is 25.3 Å². The van der Waals surface area contributed by atoms with E-state index in [0.29, 0.717) is 22.7 Å². The van der Waals surface area contributed by atoms with E-state index in [1.165, 1.54) is 30.9 Å². The maximum Gasteiger partial charge on any atom is 0.416 e. The molecule has 2 aromatic heterocycles. The van der Waals surface area contributed by atoms with E-state index in [4.69, 9.17) is 14.5 Å². The summed E-state index contributed by atoms with van der Waals surface area (Å²) in [5.41, 5.74) is 0.599. The SMILES string of the molecule is COc1ccc(-n2c(SCC(=O)Nc3cccc(C(F)(F)F)c3)nc3c([nH]c4ccccc43)c2=O)cc1OC. The number of anilines is 1. The van der Waals surface area contributed by atoms with Crippen LogP contribution >= 0.6 is 11.8 Å². The zero-order valence-electron chi connectivity index (χ0n) is 20.6. The lowest BCUT2D eigenvalue weighted by Crippen LogP contribution is -2.23. The second-order valence-corrected chi connectivity index (χ2v) is 9.33. The molecule has 0 saturated heterocycles. The number of H-pyrrole nitrogens is 1. The number of hydrogen-bond donors (Lipinski definition) is 2. The minimum Gasteiger partial charge on any atom is -0.493 e. The number of benzene rings is 3. The van der Waals surface area contributed by atoms with Gasteiger partial charge < -0.3 is 19.8 Å². The highest BCUT2D eigenvalue weighted by atomic mass is 32.2. The van der Waals surface area contributed by atoms with Gasteiger partial charge in [0.05, 0.1) is 31.2 Å². The predicted molar refractivity (Wildman–Crippen MR) is 143 cm³/mol. The number of amides is 1. The molecule has 0 atom stereocenters. The first-order valence-electron chi connectivity index (χ1n) is 11.6. The van der Waals surface area contributed by atoms with Gasteiger partial charge in [0.15, 0.2) is 16.7 Å². The number of halogens is 3. The van der Waals surface area contributed by atoms with Crippen LogP contribution < -0.4 is 20.3 Å². The standard InChI is InChI=1S/C27H21F3N4O4S/c1-37-20-11-10-17(13-21(20)38-2)34-25(36)24-23(18-8-3-4-9-19(18)32-24)33-26(34)39-14-22(35)31-16-7-5-6-15(12-16)27(28,29)30/h3-13,32H,14H2,1-2H3,(H,31,35). The second-order valence-electron chi connectivity index (χ2n) is 8.38. The molecule has 3 aromatic carbocycles. The fraction of sp³-hybridized carbons (Fsp3) is 0.148. The molecule has 0 fully saturated rings. The van der Waals surface area contributed by atoms with Crippen LogP contribution in [-0.4, -0.2) is 40.4 Å². The summed E-state index contributed by atoms with van der Waals surface area (Å²) in [7, 11) is 2.96. The number of aromatic nitrogens is 3. The summed E-state index contributed by atoms with van der Waals surface area (Å²) in [5, 5.41) is 3.42. The summed E-state index contributed by atoms with van der Waals surface area (Å²) in [5.74, 6) is 0.0658. The van der Waals surface area contributed by atoms with Crippen LogP contribution in [0, 0.1) is 0 Å². The van der Waals surface area contributed by atoms with Gasteiger partial charge in [0.1, 0.15) is 11.0 Å². The highest BCUT2D eigenvalue weighted by molar-refractivity contribution is 7.99. The zero-order chi connectivity index (χ0) is 27.7. The molecule has 0 spiro atoms. The van der Waals surface area contributed by atoms with Crippen molar-refractivity contribution < 1.29 is 27.4 Å². The molecule has 2 heterocycles. The number of alkyl halides is 3. The summed E-state index contributed by atoms with van der Waals surface area (Å²) in [6, 6.07) is 16.6. The maximum absolute atomic E-state index is 13.7. The first-order valence-corrected chi connectivity index (χ1v) is 12.5. The Kier molecular flexibility index (Phi) is 6.96. The molecule has 0 aliphatic rings. The molecule has 39 heavy (non-hydrogen) atoms. The molecule has 0 unspecified atom stereocenters. The largest absolute Gasteiger partial charge is 0.493 e. The zero-order valence-corrected chi connectivity index (χ0v) is 21.4. The highest BCUT2D eigenvalue weighted by Crippen LogP contribution is 2.33. The minimum atomic E-state index is -4.54. The fourth-order valence-electron chi connectivity index (χ4n) is 4.13. The average Bonchev–Trinajstić information content (AvgIpc) is 3.30. The van der Waals surface area contributed by atoms with Crippen molar-refractivity contribution in [1.29, 1.82) is 0 Å². The first kappa shape index (κ1) is 26.2. The molecule has 200 valence electrons. The third kappa shape index (κ3) is 5.15. The van der Waals surface area contributed by atoms with Crippen molar-refractivity contribution in [2.45, 2.75) is 11.3 Å². The van der Waals surface area contributed by atoms with Crippen molar-refractivity contribution in [3.63, 3.8) is 0 Å². The smallest absolute Gasteiger partial charge is 0.416 e. The Bertz CT molecular complexity index is 1760. The van der Waals surface area contributed by atoms with E-state index in [1.54, 1.807) is 18.2 Å². The van der Waals surface area contributed by atoms with E-state index >= 15 is 0 Å². The third-order valence-electron chi connectivity index (χ3n) is 5.93. The molecule has 12 heteroatoms. The molecule has 1 amide bonds. The Morgan fingerprint density at radius 3 is 2.54 bits per heavy atom. The number of methoxy groups -OCH3 is 2. The number of carbonyl (C=O) groups is 1. The van der Waals surface area contributed by atoms with E-state index in [0.717, 1.165) is 34.8 Å². The van der Waals surface area contributed by atoms with Gasteiger partial charge in [0.25, 0.3) is 5.56 Å². The van der Waals surface area contributed by atoms with Gasteiger partial charge in [0, 0.05) is 22.7 Å². The van der Waals surface area contributed by atoms with Crippen molar-refractivity contribution in [1.82, 2.24) is 14.5 Å². The lowest BCUT2D eigenvalue weighted by Gasteiger charge is -2.15. The Hall–Kier alpha value is -4.45. The van der Waals surface area contributed by atoms with Crippen LogP contribution in [0.2, 0.25) is 0 Å². The Morgan fingerprint density at radius 1 is 1.03 bits per heavy atom. The average molecular weight is 555 g/mol. The van der Waals surface area contributed by atoms with E-state index in [2.05, 4.69) is 10.3 Å². The normalized spacial score (nSPS) is 11.6. The fourth-order valence-corrected chi connectivity index (χ4v) is 4.94. The number of nitrogens with one attached hydrogen (secondary N) is 2. The van der Waals surface area contributed by atoms with Gasteiger partial charge in [-0.3, -0.25) is 14.2 Å². The van der Waals surface area contributed by atoms with Crippen LogP contribution in [-0.2, 0) is 11.0 Å². The number of aromatic amines is 1. The van der Waals surface area contributed by atoms with E-state index in [1.807, 2.05) is 24.3 Å². The molecular weight excluding hydrogens is 533 g/mol. The monoisotopic (exact) mass is 554 g/mol. The second kappa shape index (κ2) is 10.4. The molecule has 0 saturated carbocycles. The van der Waals surface area contributed by atoms with Gasteiger partial charge in [-0.25, -0.2) is 4.98 Å². The summed E-state index contributed by atoms with van der Waals surface area (Å²) in [6.07, 6.45) is -4.54. The quantitative estimate of drug-likeness (QED) is 0.200. The van der Waals surface area contributed by atoms with Gasteiger partial charge in [-0.15, -0.1) is 0 Å². The third-order valence-corrected chi connectivity index (χ3v) is 6.86. The molecule has 8 nitrogen and oxygen atoms in total. The molecule has 5 rings (SSSR count). The molecular formula is C27H21F3N4O4S. The van der Waals surface area contributed by atoms with Crippen molar-refractivity contribution in [3.8, 4) is 17.2 Å². The Labute approximate surface area is 223 Å². The van der Waals surface area contributed by atoms with Crippen LogP contribution in [0.4, 0.5) is 18.9 Å². The number of nitrogens with zero attached hydrogens (tertiary/aromatic N) is 2. The van der Waals surface area contributed by atoms with E-state index in [9.17, 15) is 22.8 Å². The van der Waals surface area contributed by atoms with Crippen LogP contribution in [0.5, 0.6) is 11.5 Å².